The fourth-order valence-electron chi connectivity index (χ4n) is 4.08. The van der Waals surface area contributed by atoms with Gasteiger partial charge >= 0.3 is 0 Å². The number of carbonyl (C=O) groups is 2. The van der Waals surface area contributed by atoms with Crippen molar-refractivity contribution in [2.75, 3.05) is 53.5 Å². The van der Waals surface area contributed by atoms with Crippen LogP contribution in [0.1, 0.15) is 17.4 Å². The highest BCUT2D eigenvalue weighted by molar-refractivity contribution is 7.89. The SMILES string of the molecule is CN(C)S(=O)(=O)c1ccc(C(O)=C2C(=O)C(=O)N(CCN3CCOCC3)[C@H]2c2ccco2)cc1. The third-order valence-electron chi connectivity index (χ3n) is 6.02. The first-order chi connectivity index (χ1) is 16.2. The van der Waals surface area contributed by atoms with E-state index in [1.807, 2.05) is 0 Å². The molecule has 182 valence electrons. The minimum atomic E-state index is -3.65. The number of ether oxygens (including phenoxy) is 1. The summed E-state index contributed by atoms with van der Waals surface area (Å²) in [6.45, 7) is 3.51. The summed E-state index contributed by atoms with van der Waals surface area (Å²) < 4.78 is 36.7. The second kappa shape index (κ2) is 9.71. The van der Waals surface area contributed by atoms with Crippen LogP contribution in [0.25, 0.3) is 5.76 Å². The van der Waals surface area contributed by atoms with Crippen molar-refractivity contribution in [2.24, 2.45) is 0 Å². The molecule has 1 amide bonds. The van der Waals surface area contributed by atoms with Crippen LogP contribution in [0.5, 0.6) is 0 Å². The van der Waals surface area contributed by atoms with Gasteiger partial charge in [-0.1, -0.05) is 0 Å². The van der Waals surface area contributed by atoms with Gasteiger partial charge in [-0.3, -0.25) is 14.5 Å². The average Bonchev–Trinajstić information content (AvgIpc) is 3.45. The monoisotopic (exact) mass is 489 g/mol. The predicted molar refractivity (Wildman–Crippen MR) is 122 cm³/mol. The fourth-order valence-corrected chi connectivity index (χ4v) is 4.98. The number of rotatable bonds is 7. The number of Topliss-reactive ketones (excluding diaryl/α,β-unsaturated/α-hetero) is 1. The number of aliphatic hydroxyl groups is 1. The zero-order valence-electron chi connectivity index (χ0n) is 19.0. The number of sulfonamides is 1. The first-order valence-electron chi connectivity index (χ1n) is 10.9. The van der Waals surface area contributed by atoms with Crippen LogP contribution in [0.3, 0.4) is 0 Å². The van der Waals surface area contributed by atoms with E-state index in [-0.39, 0.29) is 28.3 Å². The van der Waals surface area contributed by atoms with Crippen LogP contribution < -0.4 is 0 Å². The molecule has 34 heavy (non-hydrogen) atoms. The number of likely N-dealkylation sites (tertiary alicyclic amines) is 1. The molecule has 0 spiro atoms. The van der Waals surface area contributed by atoms with Crippen molar-refractivity contribution in [1.29, 1.82) is 0 Å². The van der Waals surface area contributed by atoms with E-state index in [4.69, 9.17) is 9.15 Å². The van der Waals surface area contributed by atoms with Gasteiger partial charge < -0.3 is 19.2 Å². The summed E-state index contributed by atoms with van der Waals surface area (Å²) in [5, 5.41) is 11.1. The molecule has 10 nitrogen and oxygen atoms in total. The summed E-state index contributed by atoms with van der Waals surface area (Å²) in [5.41, 5.74) is 0.130. The number of morpholine rings is 1. The maximum Gasteiger partial charge on any atom is 0.295 e. The van der Waals surface area contributed by atoms with Gasteiger partial charge in [0, 0.05) is 45.8 Å². The molecule has 0 unspecified atom stereocenters. The van der Waals surface area contributed by atoms with Crippen molar-refractivity contribution in [1.82, 2.24) is 14.1 Å². The Morgan fingerprint density at radius 3 is 2.35 bits per heavy atom. The van der Waals surface area contributed by atoms with Gasteiger partial charge in [0.2, 0.25) is 10.0 Å². The number of carbonyl (C=O) groups excluding carboxylic acids is 2. The molecular weight excluding hydrogens is 462 g/mol. The molecule has 0 saturated carbocycles. The molecule has 2 aliphatic heterocycles. The number of nitrogens with zero attached hydrogens (tertiary/aromatic N) is 3. The summed E-state index contributed by atoms with van der Waals surface area (Å²) >= 11 is 0. The van der Waals surface area contributed by atoms with Gasteiger partial charge in [-0.15, -0.1) is 0 Å². The molecular formula is C23H27N3O7S. The summed E-state index contributed by atoms with van der Waals surface area (Å²) in [4.78, 5) is 29.6. The molecule has 1 aromatic carbocycles. The van der Waals surface area contributed by atoms with E-state index in [0.29, 0.717) is 25.5 Å². The molecule has 0 bridgehead atoms. The molecule has 11 heteroatoms. The van der Waals surface area contributed by atoms with Crippen LogP contribution in [0.2, 0.25) is 0 Å². The van der Waals surface area contributed by atoms with Gasteiger partial charge in [-0.05, 0) is 36.4 Å². The van der Waals surface area contributed by atoms with Gasteiger partial charge in [0.05, 0.1) is 29.9 Å². The molecule has 1 N–H and O–H groups in total. The molecule has 2 aliphatic rings. The third kappa shape index (κ3) is 4.51. The number of benzene rings is 1. The fraction of sp³-hybridized carbons (Fsp3) is 0.391. The number of hydrogen-bond acceptors (Lipinski definition) is 8. The lowest BCUT2D eigenvalue weighted by atomic mass is 9.99. The normalized spacial score (nSPS) is 21.5. The number of furan rings is 1. The Morgan fingerprint density at radius 2 is 1.76 bits per heavy atom. The largest absolute Gasteiger partial charge is 0.507 e. The Bertz CT molecular complexity index is 1180. The topological polar surface area (TPSA) is 121 Å². The Morgan fingerprint density at radius 1 is 1.09 bits per heavy atom. The minimum absolute atomic E-state index is 0.0441. The van der Waals surface area contributed by atoms with Gasteiger partial charge in [0.25, 0.3) is 11.7 Å². The van der Waals surface area contributed by atoms with Crippen LogP contribution in [-0.4, -0.2) is 92.8 Å². The second-order valence-electron chi connectivity index (χ2n) is 8.27. The Labute approximate surface area is 198 Å². The zero-order chi connectivity index (χ0) is 24.5. The average molecular weight is 490 g/mol. The highest BCUT2D eigenvalue weighted by Gasteiger charge is 2.47. The van der Waals surface area contributed by atoms with Crippen LogP contribution in [-0.2, 0) is 24.3 Å². The molecule has 4 rings (SSSR count). The van der Waals surface area contributed by atoms with Gasteiger partial charge in [-0.2, -0.15) is 0 Å². The maximum atomic E-state index is 13.0. The maximum absolute atomic E-state index is 13.0. The van der Waals surface area contributed by atoms with Crippen molar-refractivity contribution in [3.05, 3.63) is 59.6 Å². The number of aliphatic hydroxyl groups excluding tert-OH is 1. The molecule has 1 atom stereocenters. The Kier molecular flexibility index (Phi) is 6.89. The van der Waals surface area contributed by atoms with E-state index in [9.17, 15) is 23.1 Å². The van der Waals surface area contributed by atoms with Crippen LogP contribution >= 0.6 is 0 Å². The standard InChI is InChI=1S/C23H27N3O7S/c1-24(2)34(30,31)17-7-5-16(6-8-17)21(27)19-20(18-4-3-13-33-18)26(23(29)22(19)28)10-9-25-11-14-32-15-12-25/h3-8,13,20,27H,9-12,14-15H2,1-2H3/t20-/m0/s1. The van der Waals surface area contributed by atoms with Crippen LogP contribution in [0, 0.1) is 0 Å². The van der Waals surface area contributed by atoms with Gasteiger partial charge in [-0.25, -0.2) is 12.7 Å². The van der Waals surface area contributed by atoms with Crippen molar-refractivity contribution >= 4 is 27.5 Å². The lowest BCUT2D eigenvalue weighted by Gasteiger charge is -2.30. The lowest BCUT2D eigenvalue weighted by Crippen LogP contribution is -2.42. The Balaban J connectivity index is 1.68. The van der Waals surface area contributed by atoms with Crippen LogP contribution in [0.15, 0.2) is 57.5 Å². The van der Waals surface area contributed by atoms with E-state index >= 15 is 0 Å². The molecule has 3 heterocycles. The first-order valence-corrected chi connectivity index (χ1v) is 12.3. The van der Waals surface area contributed by atoms with Crippen molar-refractivity contribution in [3.63, 3.8) is 0 Å². The molecule has 0 aliphatic carbocycles. The Hall–Kier alpha value is -2.99. The van der Waals surface area contributed by atoms with E-state index in [2.05, 4.69) is 4.90 Å². The zero-order valence-corrected chi connectivity index (χ0v) is 19.8. The third-order valence-corrected chi connectivity index (χ3v) is 7.85. The number of ketones is 1. The number of amides is 1. The molecule has 1 aromatic heterocycles. The molecule has 2 fully saturated rings. The highest BCUT2D eigenvalue weighted by atomic mass is 32.2. The van der Waals surface area contributed by atoms with Gasteiger partial charge in [0.15, 0.2) is 0 Å². The van der Waals surface area contributed by atoms with E-state index in [0.717, 1.165) is 17.4 Å². The quantitative estimate of drug-likeness (QED) is 0.351. The minimum Gasteiger partial charge on any atom is -0.507 e. The summed E-state index contributed by atoms with van der Waals surface area (Å²) in [5.74, 6) is -1.56. The smallest absolute Gasteiger partial charge is 0.295 e. The summed E-state index contributed by atoms with van der Waals surface area (Å²) in [6, 6.07) is 7.93. The molecule has 2 saturated heterocycles. The van der Waals surface area contributed by atoms with Crippen molar-refractivity contribution < 1.29 is 32.3 Å². The second-order valence-corrected chi connectivity index (χ2v) is 10.4. The van der Waals surface area contributed by atoms with E-state index < -0.39 is 27.8 Å². The van der Waals surface area contributed by atoms with Crippen molar-refractivity contribution in [3.8, 4) is 0 Å². The molecule has 2 aromatic rings. The van der Waals surface area contributed by atoms with Gasteiger partial charge in [0.1, 0.15) is 17.6 Å². The molecule has 0 radical (unpaired) electrons. The summed E-state index contributed by atoms with van der Waals surface area (Å²) in [6.07, 6.45) is 1.44. The summed E-state index contributed by atoms with van der Waals surface area (Å²) in [7, 11) is -0.810. The predicted octanol–water partition coefficient (Wildman–Crippen LogP) is 1.28. The van der Waals surface area contributed by atoms with E-state index in [1.54, 1.807) is 12.1 Å². The first kappa shape index (κ1) is 24.1. The van der Waals surface area contributed by atoms with Crippen LogP contribution in [0.4, 0.5) is 0 Å². The number of hydrogen-bond donors (Lipinski definition) is 1. The highest BCUT2D eigenvalue weighted by Crippen LogP contribution is 2.39. The lowest BCUT2D eigenvalue weighted by molar-refractivity contribution is -0.140. The van der Waals surface area contributed by atoms with E-state index in [1.165, 1.54) is 49.5 Å². The van der Waals surface area contributed by atoms with Crippen molar-refractivity contribution in [2.45, 2.75) is 10.9 Å².